The van der Waals surface area contributed by atoms with Gasteiger partial charge in [0.2, 0.25) is 0 Å². The van der Waals surface area contributed by atoms with E-state index < -0.39 is 98.1 Å². The van der Waals surface area contributed by atoms with Crippen LogP contribution in [0.3, 0.4) is 0 Å². The molecule has 266 valence electrons. The molecule has 2 aliphatic rings. The number of alkyl halides is 9. The lowest BCUT2D eigenvalue weighted by Crippen LogP contribution is -2.54. The Kier molecular flexibility index (Phi) is 8.70. The van der Waals surface area contributed by atoms with Crippen LogP contribution >= 0.6 is 11.3 Å². The minimum Gasteiger partial charge on any atom is -0.387 e. The molecule has 8 nitrogen and oxygen atoms in total. The van der Waals surface area contributed by atoms with Crippen molar-refractivity contribution in [3.63, 3.8) is 0 Å². The van der Waals surface area contributed by atoms with Gasteiger partial charge < -0.3 is 25.1 Å². The van der Waals surface area contributed by atoms with Crippen LogP contribution in [-0.4, -0.2) is 74.1 Å². The summed E-state index contributed by atoms with van der Waals surface area (Å²) in [6.07, 6.45) is -17.6. The number of hydrogen-bond acceptors (Lipinski definition) is 7. The van der Waals surface area contributed by atoms with Gasteiger partial charge in [-0.1, -0.05) is 30.3 Å². The van der Waals surface area contributed by atoms with Crippen molar-refractivity contribution in [2.24, 2.45) is 0 Å². The van der Waals surface area contributed by atoms with E-state index in [0.717, 1.165) is 4.90 Å². The Hall–Kier alpha value is -3.74. The number of aliphatic hydroxyl groups is 3. The summed E-state index contributed by atoms with van der Waals surface area (Å²) in [5.41, 5.74) is -15.3. The average molecular weight is 726 g/mol. The standard InChI is InChI=1S/C31H28F9N3O5S/c1-15-7-6-12-42(15)24(44)21-22(17-11-10-16(13-19(17)29(32,33)34)28(48,30(35,36)37)31(38,39)40)49-23(41-21)25(45)43-14-27(47,26(2,3)46)18-8-4-5-9-20(18)43/h4-5,8-11,13,15,46-48H,6-7,12,14H2,1-3H3/t15-,27?/m0/s1. The third kappa shape index (κ3) is 5.85. The first-order chi connectivity index (χ1) is 22.3. The summed E-state index contributed by atoms with van der Waals surface area (Å²) in [5.74, 6) is -1.97. The van der Waals surface area contributed by atoms with Crippen molar-refractivity contribution in [3.05, 3.63) is 69.9 Å². The monoisotopic (exact) mass is 725 g/mol. The Morgan fingerprint density at radius 2 is 1.55 bits per heavy atom. The number of aromatic nitrogens is 1. The van der Waals surface area contributed by atoms with Crippen LogP contribution in [0.4, 0.5) is 45.2 Å². The number of nitrogens with zero attached hydrogens (tertiary/aromatic N) is 3. The number of carbonyl (C=O) groups excluding carboxylic acids is 2. The van der Waals surface area contributed by atoms with E-state index in [9.17, 15) is 64.4 Å². The third-order valence-corrected chi connectivity index (χ3v) is 10.00. The second-order valence-electron chi connectivity index (χ2n) is 12.5. The molecule has 3 aromatic rings. The predicted molar refractivity (Wildman–Crippen MR) is 157 cm³/mol. The van der Waals surface area contributed by atoms with Gasteiger partial charge in [-0.3, -0.25) is 9.59 Å². The number of hydrogen-bond donors (Lipinski definition) is 3. The molecule has 0 bridgehead atoms. The lowest BCUT2D eigenvalue weighted by molar-refractivity contribution is -0.376. The molecule has 18 heteroatoms. The van der Waals surface area contributed by atoms with Crippen molar-refractivity contribution in [2.75, 3.05) is 18.0 Å². The molecule has 2 aromatic carbocycles. The van der Waals surface area contributed by atoms with Crippen LogP contribution in [0.5, 0.6) is 0 Å². The first-order valence-electron chi connectivity index (χ1n) is 14.6. The molecule has 0 radical (unpaired) electrons. The Balaban J connectivity index is 1.71. The number of para-hydroxylation sites is 1. The van der Waals surface area contributed by atoms with Gasteiger partial charge in [-0.25, -0.2) is 4.98 Å². The van der Waals surface area contributed by atoms with E-state index in [0.29, 0.717) is 12.8 Å². The fourth-order valence-electron chi connectivity index (χ4n) is 6.08. The van der Waals surface area contributed by atoms with Crippen molar-refractivity contribution in [2.45, 2.75) is 75.0 Å². The number of carbonyl (C=O) groups is 2. The van der Waals surface area contributed by atoms with Gasteiger partial charge >= 0.3 is 18.5 Å². The van der Waals surface area contributed by atoms with E-state index in [4.69, 9.17) is 0 Å². The highest BCUT2D eigenvalue weighted by molar-refractivity contribution is 7.17. The topological polar surface area (TPSA) is 114 Å². The van der Waals surface area contributed by atoms with Gasteiger partial charge in [-0.2, -0.15) is 39.5 Å². The molecule has 2 amide bonds. The summed E-state index contributed by atoms with van der Waals surface area (Å²) < 4.78 is 125. The second kappa shape index (κ2) is 11.7. The van der Waals surface area contributed by atoms with Gasteiger partial charge in [0.25, 0.3) is 17.4 Å². The van der Waals surface area contributed by atoms with Gasteiger partial charge in [0.1, 0.15) is 11.3 Å². The summed E-state index contributed by atoms with van der Waals surface area (Å²) in [4.78, 5) is 33.4. The van der Waals surface area contributed by atoms with E-state index in [1.165, 1.54) is 43.0 Å². The van der Waals surface area contributed by atoms with Gasteiger partial charge in [0.05, 0.1) is 28.3 Å². The summed E-state index contributed by atoms with van der Waals surface area (Å²) >= 11 is 0.232. The van der Waals surface area contributed by atoms with Crippen LogP contribution in [0.15, 0.2) is 42.5 Å². The summed E-state index contributed by atoms with van der Waals surface area (Å²) in [6, 6.07) is 5.25. The van der Waals surface area contributed by atoms with Crippen LogP contribution in [0, 0.1) is 0 Å². The highest BCUT2D eigenvalue weighted by atomic mass is 32.1. The van der Waals surface area contributed by atoms with Crippen molar-refractivity contribution >= 4 is 28.8 Å². The van der Waals surface area contributed by atoms with Gasteiger partial charge in [-0.15, -0.1) is 11.3 Å². The van der Waals surface area contributed by atoms with Crippen molar-refractivity contribution in [1.82, 2.24) is 9.88 Å². The Morgan fingerprint density at radius 1 is 0.939 bits per heavy atom. The summed E-state index contributed by atoms with van der Waals surface area (Å²) in [7, 11) is 0. The molecule has 49 heavy (non-hydrogen) atoms. The van der Waals surface area contributed by atoms with Crippen molar-refractivity contribution in [1.29, 1.82) is 0 Å². The van der Waals surface area contributed by atoms with Crippen LogP contribution in [0.1, 0.15) is 70.6 Å². The fraction of sp³-hybridized carbons (Fsp3) is 0.452. The molecular formula is C31H28F9N3O5S. The zero-order valence-corrected chi connectivity index (χ0v) is 26.6. The number of β-amino-alcohol motifs (C(OH)–C–C–N with tert-alkyl or cyclic N) is 1. The Morgan fingerprint density at radius 3 is 2.08 bits per heavy atom. The molecule has 1 aromatic heterocycles. The first-order valence-corrected chi connectivity index (χ1v) is 15.4. The van der Waals surface area contributed by atoms with Crippen LogP contribution < -0.4 is 4.90 Å². The minimum atomic E-state index is -6.48. The molecule has 3 N–H and O–H groups in total. The molecule has 1 unspecified atom stereocenters. The zero-order chi connectivity index (χ0) is 36.7. The quantitative estimate of drug-likeness (QED) is 0.263. The summed E-state index contributed by atoms with van der Waals surface area (Å²) in [5, 5.41) is 31.5. The first kappa shape index (κ1) is 36.5. The van der Waals surface area contributed by atoms with Gasteiger partial charge in [0, 0.05) is 29.3 Å². The number of benzene rings is 2. The lowest BCUT2D eigenvalue weighted by Gasteiger charge is -2.35. The maximum absolute atomic E-state index is 14.5. The number of rotatable bonds is 5. The minimum absolute atomic E-state index is 0.0136. The van der Waals surface area contributed by atoms with E-state index >= 15 is 0 Å². The van der Waals surface area contributed by atoms with E-state index in [1.54, 1.807) is 6.92 Å². The average Bonchev–Trinajstić information content (AvgIpc) is 3.70. The SMILES string of the molecule is C[C@H]1CCCN1C(=O)c1nc(C(=O)N2CC(O)(C(C)(C)O)c3ccccc32)sc1-c1ccc(C(O)(C(F)(F)F)C(F)(F)F)cc1C(F)(F)F. The van der Waals surface area contributed by atoms with Crippen LogP contribution in [0.2, 0.25) is 0 Å². The normalized spacial score (nSPS) is 20.6. The zero-order valence-electron chi connectivity index (χ0n) is 25.8. The molecule has 0 spiro atoms. The van der Waals surface area contributed by atoms with Crippen molar-refractivity contribution < 1.29 is 64.4 Å². The number of halogens is 9. The number of fused-ring (bicyclic) bond motifs is 1. The molecule has 3 heterocycles. The molecule has 1 fully saturated rings. The highest BCUT2D eigenvalue weighted by Gasteiger charge is 2.71. The maximum Gasteiger partial charge on any atom is 0.430 e. The smallest absolute Gasteiger partial charge is 0.387 e. The molecule has 5 rings (SSSR count). The Labute approximate surface area is 276 Å². The summed E-state index contributed by atoms with van der Waals surface area (Å²) in [6.45, 7) is 3.81. The number of anilines is 1. The second-order valence-corrected chi connectivity index (χ2v) is 13.5. The Bertz CT molecular complexity index is 1780. The van der Waals surface area contributed by atoms with Crippen molar-refractivity contribution in [3.8, 4) is 10.4 Å². The number of amides is 2. The van der Waals surface area contributed by atoms with Gasteiger partial charge in [-0.05, 0) is 45.7 Å². The predicted octanol–water partition coefficient (Wildman–Crippen LogP) is 6.38. The molecule has 0 aliphatic carbocycles. The number of likely N-dealkylation sites (tertiary alicyclic amines) is 1. The van der Waals surface area contributed by atoms with Gasteiger partial charge in [0.15, 0.2) is 5.01 Å². The molecule has 1 saturated heterocycles. The van der Waals surface area contributed by atoms with Crippen LogP contribution in [-0.2, 0) is 17.4 Å². The van der Waals surface area contributed by atoms with Crippen LogP contribution in [0.25, 0.3) is 10.4 Å². The molecule has 0 saturated carbocycles. The maximum atomic E-state index is 14.5. The van der Waals surface area contributed by atoms with E-state index in [-0.39, 0.29) is 41.3 Å². The number of thiazole rings is 1. The third-order valence-electron chi connectivity index (χ3n) is 8.92. The molecule has 2 atom stereocenters. The lowest BCUT2D eigenvalue weighted by atomic mass is 9.81. The molecule has 2 aliphatic heterocycles. The fourth-order valence-corrected chi connectivity index (χ4v) is 7.12. The highest BCUT2D eigenvalue weighted by Crippen LogP contribution is 2.52. The largest absolute Gasteiger partial charge is 0.430 e. The van der Waals surface area contributed by atoms with E-state index in [1.807, 2.05) is 0 Å². The van der Waals surface area contributed by atoms with E-state index in [2.05, 4.69) is 4.98 Å². The molecular weight excluding hydrogens is 697 g/mol.